The molecule has 3 heteroatoms. The van der Waals surface area contributed by atoms with Crippen molar-refractivity contribution in [1.82, 2.24) is 15.0 Å². The fraction of sp³-hybridized carbons (Fsp3) is 0. The molecule has 0 unspecified atom stereocenters. The summed E-state index contributed by atoms with van der Waals surface area (Å²) < 4.78 is 0. The van der Waals surface area contributed by atoms with Gasteiger partial charge in [-0.1, -0.05) is 6.07 Å². The maximum atomic E-state index is 4.66. The Hall–Kier alpha value is -2.55. The van der Waals surface area contributed by atoms with E-state index in [2.05, 4.69) is 15.0 Å². The average molecular weight is 233 g/mol. The summed E-state index contributed by atoms with van der Waals surface area (Å²) in [4.78, 5) is 12.7. The Morgan fingerprint density at radius 3 is 1.44 bits per heavy atom. The zero-order chi connectivity index (χ0) is 12.2. The molecule has 0 saturated heterocycles. The first-order valence-corrected chi connectivity index (χ1v) is 5.71. The van der Waals surface area contributed by atoms with Crippen LogP contribution in [0.25, 0.3) is 22.5 Å². The fourth-order valence-corrected chi connectivity index (χ4v) is 1.80. The summed E-state index contributed by atoms with van der Waals surface area (Å²) in [5, 5.41) is 0. The largest absolute Gasteiger partial charge is 0.265 e. The molecule has 0 fully saturated rings. The van der Waals surface area contributed by atoms with Crippen molar-refractivity contribution in [3.63, 3.8) is 0 Å². The molecule has 0 bridgehead atoms. The molecule has 0 amide bonds. The maximum Gasteiger partial charge on any atom is 0.0710 e. The number of hydrogen-bond acceptors (Lipinski definition) is 3. The molecule has 3 nitrogen and oxygen atoms in total. The van der Waals surface area contributed by atoms with E-state index in [4.69, 9.17) is 0 Å². The van der Waals surface area contributed by atoms with E-state index < -0.39 is 0 Å². The predicted molar refractivity (Wildman–Crippen MR) is 70.7 cm³/mol. The minimum absolute atomic E-state index is 0.951. The fourth-order valence-electron chi connectivity index (χ4n) is 1.80. The third kappa shape index (κ3) is 2.11. The van der Waals surface area contributed by atoms with Crippen LogP contribution in [-0.2, 0) is 0 Å². The lowest BCUT2D eigenvalue weighted by molar-refractivity contribution is 1.27. The molecule has 3 aromatic heterocycles. The van der Waals surface area contributed by atoms with Crippen LogP contribution in [0.2, 0.25) is 0 Å². The molecule has 0 radical (unpaired) electrons. The Labute approximate surface area is 105 Å². The van der Waals surface area contributed by atoms with Gasteiger partial charge in [0, 0.05) is 35.9 Å². The first-order chi connectivity index (χ1) is 8.93. The van der Waals surface area contributed by atoms with Gasteiger partial charge in [-0.15, -0.1) is 0 Å². The van der Waals surface area contributed by atoms with Gasteiger partial charge in [0.15, 0.2) is 0 Å². The van der Waals surface area contributed by atoms with Gasteiger partial charge < -0.3 is 0 Å². The molecule has 86 valence electrons. The van der Waals surface area contributed by atoms with Crippen molar-refractivity contribution < 1.29 is 0 Å². The smallest absolute Gasteiger partial charge is 0.0710 e. The summed E-state index contributed by atoms with van der Waals surface area (Å²) in [5.41, 5.74) is 4.04. The number of hydrogen-bond donors (Lipinski definition) is 0. The van der Waals surface area contributed by atoms with Gasteiger partial charge in [0.1, 0.15) is 0 Å². The normalized spacial score (nSPS) is 10.2. The Balaban J connectivity index is 2.05. The van der Waals surface area contributed by atoms with E-state index in [1.54, 1.807) is 24.8 Å². The van der Waals surface area contributed by atoms with Gasteiger partial charge in [-0.2, -0.15) is 0 Å². The summed E-state index contributed by atoms with van der Waals surface area (Å²) in [5.74, 6) is 0. The van der Waals surface area contributed by atoms with E-state index in [-0.39, 0.29) is 0 Å². The van der Waals surface area contributed by atoms with Crippen LogP contribution in [0.1, 0.15) is 0 Å². The lowest BCUT2D eigenvalue weighted by Gasteiger charge is -2.04. The first kappa shape index (κ1) is 10.6. The molecule has 3 heterocycles. The number of pyridine rings is 3. The van der Waals surface area contributed by atoms with Crippen molar-refractivity contribution in [2.75, 3.05) is 0 Å². The van der Waals surface area contributed by atoms with Crippen LogP contribution >= 0.6 is 0 Å². The standard InChI is InChI=1S/C15H11N3/c1-2-14(12-4-8-16-9-5-12)18-15(3-1)13-6-10-17-11-7-13/h1-11H. The zero-order valence-corrected chi connectivity index (χ0v) is 9.69. The molecule has 0 aliphatic carbocycles. The molecular weight excluding hydrogens is 222 g/mol. The molecular formula is C15H11N3. The van der Waals surface area contributed by atoms with Gasteiger partial charge in [-0.05, 0) is 36.4 Å². The third-order valence-corrected chi connectivity index (χ3v) is 2.70. The topological polar surface area (TPSA) is 38.7 Å². The lowest BCUT2D eigenvalue weighted by Crippen LogP contribution is -1.88. The van der Waals surface area contributed by atoms with Crippen LogP contribution in [-0.4, -0.2) is 15.0 Å². The predicted octanol–water partition coefficient (Wildman–Crippen LogP) is 3.21. The van der Waals surface area contributed by atoms with Crippen LogP contribution in [0.15, 0.2) is 67.3 Å². The highest BCUT2D eigenvalue weighted by atomic mass is 14.7. The van der Waals surface area contributed by atoms with Crippen molar-refractivity contribution in [3.8, 4) is 22.5 Å². The van der Waals surface area contributed by atoms with Crippen molar-refractivity contribution in [3.05, 3.63) is 67.3 Å². The van der Waals surface area contributed by atoms with Crippen LogP contribution in [0.3, 0.4) is 0 Å². The van der Waals surface area contributed by atoms with E-state index in [1.807, 2.05) is 42.5 Å². The van der Waals surface area contributed by atoms with Crippen LogP contribution in [0, 0.1) is 0 Å². The molecule has 0 spiro atoms. The second-order valence-electron chi connectivity index (χ2n) is 3.88. The Morgan fingerprint density at radius 1 is 0.556 bits per heavy atom. The van der Waals surface area contributed by atoms with E-state index in [9.17, 15) is 0 Å². The van der Waals surface area contributed by atoms with E-state index >= 15 is 0 Å². The number of aromatic nitrogens is 3. The zero-order valence-electron chi connectivity index (χ0n) is 9.69. The minimum Gasteiger partial charge on any atom is -0.265 e. The second kappa shape index (κ2) is 4.75. The molecule has 0 aromatic carbocycles. The summed E-state index contributed by atoms with van der Waals surface area (Å²) in [6, 6.07) is 13.8. The van der Waals surface area contributed by atoms with E-state index in [1.165, 1.54) is 0 Å². The van der Waals surface area contributed by atoms with Crippen LogP contribution in [0.5, 0.6) is 0 Å². The van der Waals surface area contributed by atoms with Gasteiger partial charge in [0.2, 0.25) is 0 Å². The molecule has 0 aliphatic rings. The quantitative estimate of drug-likeness (QED) is 0.682. The van der Waals surface area contributed by atoms with Gasteiger partial charge in [0.05, 0.1) is 11.4 Å². The van der Waals surface area contributed by atoms with Crippen molar-refractivity contribution in [2.24, 2.45) is 0 Å². The van der Waals surface area contributed by atoms with Gasteiger partial charge in [-0.3, -0.25) is 9.97 Å². The number of rotatable bonds is 2. The second-order valence-corrected chi connectivity index (χ2v) is 3.88. The summed E-state index contributed by atoms with van der Waals surface area (Å²) >= 11 is 0. The van der Waals surface area contributed by atoms with Gasteiger partial charge in [-0.25, -0.2) is 4.98 Å². The van der Waals surface area contributed by atoms with Crippen molar-refractivity contribution in [1.29, 1.82) is 0 Å². The molecule has 3 aromatic rings. The van der Waals surface area contributed by atoms with E-state index in [0.717, 1.165) is 22.5 Å². The van der Waals surface area contributed by atoms with Gasteiger partial charge >= 0.3 is 0 Å². The van der Waals surface area contributed by atoms with Crippen molar-refractivity contribution in [2.45, 2.75) is 0 Å². The minimum atomic E-state index is 0.951. The highest BCUT2D eigenvalue weighted by Gasteiger charge is 2.02. The van der Waals surface area contributed by atoms with Crippen molar-refractivity contribution >= 4 is 0 Å². The first-order valence-electron chi connectivity index (χ1n) is 5.71. The molecule has 0 atom stereocenters. The summed E-state index contributed by atoms with van der Waals surface area (Å²) in [6.45, 7) is 0. The highest BCUT2D eigenvalue weighted by Crippen LogP contribution is 2.21. The van der Waals surface area contributed by atoms with Crippen LogP contribution in [0.4, 0.5) is 0 Å². The van der Waals surface area contributed by atoms with E-state index in [0.29, 0.717) is 0 Å². The van der Waals surface area contributed by atoms with Crippen LogP contribution < -0.4 is 0 Å². The maximum absolute atomic E-state index is 4.66. The summed E-state index contributed by atoms with van der Waals surface area (Å²) in [7, 11) is 0. The average Bonchev–Trinajstić information content (AvgIpc) is 2.49. The molecule has 18 heavy (non-hydrogen) atoms. The Bertz CT molecular complexity index is 581. The summed E-state index contributed by atoms with van der Waals surface area (Å²) in [6.07, 6.45) is 7.10. The SMILES string of the molecule is c1cc(-c2ccncc2)nc(-c2ccncc2)c1. The van der Waals surface area contributed by atoms with Gasteiger partial charge in [0.25, 0.3) is 0 Å². The molecule has 3 rings (SSSR count). The molecule has 0 aliphatic heterocycles. The lowest BCUT2D eigenvalue weighted by atomic mass is 10.1. The molecule has 0 saturated carbocycles. The molecule has 0 N–H and O–H groups in total. The number of nitrogens with zero attached hydrogens (tertiary/aromatic N) is 3. The highest BCUT2D eigenvalue weighted by molar-refractivity contribution is 5.65. The Morgan fingerprint density at radius 2 is 1.00 bits per heavy atom. The Kier molecular flexibility index (Phi) is 2.80. The monoisotopic (exact) mass is 233 g/mol. The third-order valence-electron chi connectivity index (χ3n) is 2.70.